The molecule has 1 amide bonds. The number of hydrogen-bond donors (Lipinski definition) is 0. The van der Waals surface area contributed by atoms with Crippen LogP contribution in [0.2, 0.25) is 0 Å². The number of anilines is 2. The van der Waals surface area contributed by atoms with E-state index in [1.54, 1.807) is 18.4 Å². The second kappa shape index (κ2) is 11.5. The van der Waals surface area contributed by atoms with Crippen molar-refractivity contribution in [2.45, 2.75) is 20.8 Å². The van der Waals surface area contributed by atoms with Crippen LogP contribution < -0.4 is 14.5 Å². The highest BCUT2D eigenvalue weighted by atomic mass is 35.5. The molecule has 8 heteroatoms. The molecule has 1 heterocycles. The summed E-state index contributed by atoms with van der Waals surface area (Å²) in [6, 6.07) is 11.7. The Kier molecular flexibility index (Phi) is 9.31. The largest absolute Gasteiger partial charge is 0.494 e. The van der Waals surface area contributed by atoms with E-state index in [4.69, 9.17) is 9.72 Å². The lowest BCUT2D eigenvalue weighted by molar-refractivity contribution is 0.0984. The Morgan fingerprint density at radius 3 is 2.25 bits per heavy atom. The zero-order valence-corrected chi connectivity index (χ0v) is 21.3. The summed E-state index contributed by atoms with van der Waals surface area (Å²) in [6.45, 7) is 9.61. The maximum Gasteiger partial charge on any atom is 0.260 e. The lowest BCUT2D eigenvalue weighted by atomic mass is 10.1. The fourth-order valence-corrected chi connectivity index (χ4v) is 4.58. The predicted octanol–water partition coefficient (Wildman–Crippen LogP) is 5.09. The second-order valence-electron chi connectivity index (χ2n) is 7.68. The van der Waals surface area contributed by atoms with Crippen molar-refractivity contribution in [3.8, 4) is 5.75 Å². The van der Waals surface area contributed by atoms with Crippen molar-refractivity contribution in [1.29, 1.82) is 0 Å². The van der Waals surface area contributed by atoms with Crippen LogP contribution in [0.5, 0.6) is 5.75 Å². The van der Waals surface area contributed by atoms with Crippen LogP contribution in [0.3, 0.4) is 0 Å². The third-order valence-corrected chi connectivity index (χ3v) is 6.77. The lowest BCUT2D eigenvalue weighted by Gasteiger charge is -2.25. The number of carbonyl (C=O) groups excluding carboxylic acids is 1. The van der Waals surface area contributed by atoms with E-state index in [0.29, 0.717) is 17.2 Å². The van der Waals surface area contributed by atoms with Crippen molar-refractivity contribution in [2.24, 2.45) is 0 Å². The highest BCUT2D eigenvalue weighted by molar-refractivity contribution is 7.22. The molecule has 3 rings (SSSR count). The summed E-state index contributed by atoms with van der Waals surface area (Å²) in [5.41, 5.74) is 3.66. The van der Waals surface area contributed by atoms with Crippen molar-refractivity contribution in [3.63, 3.8) is 0 Å². The number of likely N-dealkylation sites (N-methyl/N-ethyl adjacent to an activating group) is 1. The molecular weight excluding hydrogens is 444 g/mol. The van der Waals surface area contributed by atoms with Gasteiger partial charge in [0, 0.05) is 38.4 Å². The third-order valence-electron chi connectivity index (χ3n) is 5.55. The molecule has 3 aromatic rings. The Hall–Kier alpha value is -2.35. The van der Waals surface area contributed by atoms with Crippen LogP contribution >= 0.6 is 23.7 Å². The molecule has 6 nitrogen and oxygen atoms in total. The van der Waals surface area contributed by atoms with Gasteiger partial charge in [0.05, 0.1) is 11.8 Å². The maximum atomic E-state index is 13.6. The molecule has 0 aliphatic heterocycles. The van der Waals surface area contributed by atoms with Crippen LogP contribution in [0.15, 0.2) is 36.4 Å². The van der Waals surface area contributed by atoms with Crippen LogP contribution in [-0.4, -0.2) is 63.2 Å². The average molecular weight is 477 g/mol. The van der Waals surface area contributed by atoms with E-state index in [1.807, 2.05) is 60.3 Å². The zero-order valence-electron chi connectivity index (χ0n) is 19.7. The minimum Gasteiger partial charge on any atom is -0.494 e. The molecule has 1 aromatic heterocycles. The molecule has 174 valence electrons. The number of fused-ring (bicyclic) bond motifs is 1. The molecule has 0 radical (unpaired) electrons. The van der Waals surface area contributed by atoms with E-state index >= 15 is 0 Å². The summed E-state index contributed by atoms with van der Waals surface area (Å²) < 4.78 is 6.57. The number of methoxy groups -OCH3 is 1. The molecule has 0 spiro atoms. The number of thiazole rings is 1. The summed E-state index contributed by atoms with van der Waals surface area (Å²) in [7, 11) is 5.63. The topological polar surface area (TPSA) is 48.9 Å². The van der Waals surface area contributed by atoms with E-state index < -0.39 is 0 Å². The molecule has 0 aliphatic carbocycles. The van der Waals surface area contributed by atoms with Crippen LogP contribution in [0, 0.1) is 6.92 Å². The van der Waals surface area contributed by atoms with E-state index in [2.05, 4.69) is 25.7 Å². The summed E-state index contributed by atoms with van der Waals surface area (Å²) >= 11 is 1.55. The van der Waals surface area contributed by atoms with Gasteiger partial charge in [0.15, 0.2) is 5.13 Å². The number of aryl methyl sites for hydroxylation is 1. The van der Waals surface area contributed by atoms with E-state index in [9.17, 15) is 4.79 Å². The van der Waals surface area contributed by atoms with Crippen LogP contribution in [-0.2, 0) is 0 Å². The molecule has 0 bridgehead atoms. The smallest absolute Gasteiger partial charge is 0.260 e. The van der Waals surface area contributed by atoms with Crippen LogP contribution in [0.25, 0.3) is 10.2 Å². The Morgan fingerprint density at radius 1 is 1.03 bits per heavy atom. The molecule has 0 fully saturated rings. The zero-order chi connectivity index (χ0) is 22.5. The maximum absolute atomic E-state index is 13.6. The van der Waals surface area contributed by atoms with Gasteiger partial charge in [-0.15, -0.1) is 12.4 Å². The van der Waals surface area contributed by atoms with Gasteiger partial charge in [-0.3, -0.25) is 9.69 Å². The number of hydrogen-bond acceptors (Lipinski definition) is 6. The second-order valence-corrected chi connectivity index (χ2v) is 8.66. The highest BCUT2D eigenvalue weighted by Gasteiger charge is 2.23. The Balaban J connectivity index is 0.00000363. The minimum absolute atomic E-state index is 0. The van der Waals surface area contributed by atoms with Gasteiger partial charge in [-0.1, -0.05) is 31.3 Å². The van der Waals surface area contributed by atoms with Gasteiger partial charge in [-0.2, -0.15) is 0 Å². The monoisotopic (exact) mass is 476 g/mol. The van der Waals surface area contributed by atoms with Gasteiger partial charge >= 0.3 is 0 Å². The summed E-state index contributed by atoms with van der Waals surface area (Å²) in [5.74, 6) is 0.697. The quantitative estimate of drug-likeness (QED) is 0.430. The van der Waals surface area contributed by atoms with Gasteiger partial charge < -0.3 is 14.5 Å². The number of aromatic nitrogens is 1. The van der Waals surface area contributed by atoms with Crippen molar-refractivity contribution in [3.05, 3.63) is 47.5 Å². The lowest BCUT2D eigenvalue weighted by Crippen LogP contribution is -2.38. The number of carbonyl (C=O) groups is 1. The SMILES string of the molecule is CCN(CC)CCN(C(=O)c1ccc(N(C)C)cc1)c1nc2c(OC)ccc(C)c2s1.Cl. The average Bonchev–Trinajstić information content (AvgIpc) is 3.23. The first-order valence-corrected chi connectivity index (χ1v) is 11.5. The predicted molar refractivity (Wildman–Crippen MR) is 138 cm³/mol. The van der Waals surface area contributed by atoms with Gasteiger partial charge in [-0.25, -0.2) is 4.98 Å². The summed E-state index contributed by atoms with van der Waals surface area (Å²) in [6.07, 6.45) is 0. The number of rotatable bonds is 9. The van der Waals surface area contributed by atoms with Crippen molar-refractivity contribution >= 4 is 50.7 Å². The number of amides is 1. The van der Waals surface area contributed by atoms with Crippen LogP contribution in [0.4, 0.5) is 10.8 Å². The van der Waals surface area contributed by atoms with Gasteiger partial charge in [0.1, 0.15) is 11.3 Å². The number of benzene rings is 2. The van der Waals surface area contributed by atoms with E-state index in [1.165, 1.54) is 0 Å². The number of halogens is 1. The standard InChI is InChI=1S/C24H32N4O2S.ClH/c1-7-27(8-2)15-16-28(23(29)18-10-12-19(13-11-18)26(4)5)24-25-21-20(30-6)14-9-17(3)22(21)31-24;/h9-14H,7-8,15-16H2,1-6H3;1H. The molecule has 0 aliphatic rings. The molecule has 0 saturated carbocycles. The van der Waals surface area contributed by atoms with E-state index in [-0.39, 0.29) is 18.3 Å². The first kappa shape index (κ1) is 25.9. The summed E-state index contributed by atoms with van der Waals surface area (Å²) in [5, 5.41) is 0.705. The minimum atomic E-state index is -0.0341. The van der Waals surface area contributed by atoms with Crippen molar-refractivity contribution < 1.29 is 9.53 Å². The fourth-order valence-electron chi connectivity index (χ4n) is 3.50. The Labute approximate surface area is 201 Å². The molecule has 0 saturated heterocycles. The van der Waals surface area contributed by atoms with Crippen LogP contribution in [0.1, 0.15) is 29.8 Å². The normalized spacial score (nSPS) is 10.8. The van der Waals surface area contributed by atoms with Gasteiger partial charge in [-0.05, 0) is 55.9 Å². The van der Waals surface area contributed by atoms with E-state index in [0.717, 1.165) is 46.9 Å². The molecule has 0 N–H and O–H groups in total. The summed E-state index contributed by atoms with van der Waals surface area (Å²) in [4.78, 5) is 24.5. The first-order chi connectivity index (χ1) is 14.9. The highest BCUT2D eigenvalue weighted by Crippen LogP contribution is 2.36. The molecule has 2 aromatic carbocycles. The third kappa shape index (κ3) is 5.52. The Morgan fingerprint density at radius 2 is 1.69 bits per heavy atom. The van der Waals surface area contributed by atoms with Crippen molar-refractivity contribution in [1.82, 2.24) is 9.88 Å². The first-order valence-electron chi connectivity index (χ1n) is 10.6. The van der Waals surface area contributed by atoms with Crippen molar-refractivity contribution in [2.75, 3.05) is 57.2 Å². The number of nitrogens with zero attached hydrogens (tertiary/aromatic N) is 4. The fraction of sp³-hybridized carbons (Fsp3) is 0.417. The number of ether oxygens (including phenoxy) is 1. The van der Waals surface area contributed by atoms with Gasteiger partial charge in [0.2, 0.25) is 0 Å². The molecule has 32 heavy (non-hydrogen) atoms. The Bertz CT molecular complexity index is 1030. The molecule has 0 atom stereocenters. The molecule has 0 unspecified atom stereocenters. The molecular formula is C24H33ClN4O2S. The van der Waals surface area contributed by atoms with Gasteiger partial charge in [0.25, 0.3) is 5.91 Å².